The predicted molar refractivity (Wildman–Crippen MR) is 102 cm³/mol. The van der Waals surface area contributed by atoms with E-state index in [2.05, 4.69) is 5.32 Å². The molecule has 0 aromatic heterocycles. The third-order valence-electron chi connectivity index (χ3n) is 3.59. The third-order valence-corrected chi connectivity index (χ3v) is 3.94. The highest BCUT2D eigenvalue weighted by Crippen LogP contribution is 2.19. The van der Waals surface area contributed by atoms with Gasteiger partial charge in [0.2, 0.25) is 0 Å². The largest absolute Gasteiger partial charge is 0.462 e. The zero-order valence-electron chi connectivity index (χ0n) is 15.2. The molecular weight excluding hydrogens is 389 g/mol. The Balaban J connectivity index is 1.82. The van der Waals surface area contributed by atoms with Crippen LogP contribution < -0.4 is 5.32 Å². The topological polar surface area (TPSA) is 81.7 Å². The van der Waals surface area contributed by atoms with Gasteiger partial charge in [-0.3, -0.25) is 9.59 Å². The quantitative estimate of drug-likeness (QED) is 0.673. The molecule has 0 atom stereocenters. The Morgan fingerprint density at radius 3 is 2.43 bits per heavy atom. The van der Waals surface area contributed by atoms with Crippen LogP contribution in [0.25, 0.3) is 0 Å². The highest BCUT2D eigenvalue weighted by Gasteiger charge is 2.14. The first-order chi connectivity index (χ1) is 13.4. The minimum atomic E-state index is -0.781. The van der Waals surface area contributed by atoms with Crippen LogP contribution in [0.1, 0.15) is 29.3 Å². The normalized spacial score (nSPS) is 10.2. The minimum Gasteiger partial charge on any atom is -0.462 e. The summed E-state index contributed by atoms with van der Waals surface area (Å²) >= 11 is 5.85. The number of nitrogens with one attached hydrogen (secondary N) is 1. The van der Waals surface area contributed by atoms with E-state index in [4.69, 9.17) is 21.1 Å². The number of halogens is 2. The highest BCUT2D eigenvalue weighted by molar-refractivity contribution is 6.31. The van der Waals surface area contributed by atoms with Crippen LogP contribution in [-0.2, 0) is 25.5 Å². The van der Waals surface area contributed by atoms with Gasteiger partial charge in [0.05, 0.1) is 18.6 Å². The Morgan fingerprint density at radius 2 is 1.79 bits per heavy atom. The molecule has 0 aliphatic heterocycles. The molecule has 1 N–H and O–H groups in total. The van der Waals surface area contributed by atoms with Crippen LogP contribution in [-0.4, -0.2) is 31.1 Å². The summed E-state index contributed by atoms with van der Waals surface area (Å²) in [5.74, 6) is -2.42. The summed E-state index contributed by atoms with van der Waals surface area (Å²) in [5, 5.41) is 2.63. The standard InChI is InChI=1S/C20H19ClFNO5/c1-2-10-27-20(26)13-6-8-14(9-7-13)23-18(24)12-28-19(25)11-15-16(21)4-3-5-17(15)22/h3-9H,2,10-12H2,1H3,(H,23,24). The molecule has 0 radical (unpaired) electrons. The molecule has 2 aromatic carbocycles. The van der Waals surface area contributed by atoms with Gasteiger partial charge in [0.15, 0.2) is 6.61 Å². The molecule has 0 aliphatic carbocycles. The first-order valence-corrected chi connectivity index (χ1v) is 8.94. The summed E-state index contributed by atoms with van der Waals surface area (Å²) in [6.45, 7) is 1.69. The number of ether oxygens (including phenoxy) is 2. The summed E-state index contributed by atoms with van der Waals surface area (Å²) < 4.78 is 23.5. The van der Waals surface area contributed by atoms with E-state index in [1.54, 1.807) is 0 Å². The summed E-state index contributed by atoms with van der Waals surface area (Å²) in [5.41, 5.74) is 0.796. The van der Waals surface area contributed by atoms with Crippen molar-refractivity contribution in [1.82, 2.24) is 0 Å². The molecule has 28 heavy (non-hydrogen) atoms. The van der Waals surface area contributed by atoms with Crippen molar-refractivity contribution >= 4 is 35.1 Å². The van der Waals surface area contributed by atoms with Gasteiger partial charge in [0.1, 0.15) is 5.82 Å². The second-order valence-corrected chi connectivity index (χ2v) is 6.21. The second-order valence-electron chi connectivity index (χ2n) is 5.80. The molecule has 2 rings (SSSR count). The monoisotopic (exact) mass is 407 g/mol. The third kappa shape index (κ3) is 6.35. The zero-order chi connectivity index (χ0) is 20.5. The van der Waals surface area contributed by atoms with Crippen LogP contribution in [0.4, 0.5) is 10.1 Å². The molecule has 0 unspecified atom stereocenters. The van der Waals surface area contributed by atoms with Gasteiger partial charge in [-0.05, 0) is 42.8 Å². The molecule has 0 saturated heterocycles. The van der Waals surface area contributed by atoms with Gasteiger partial charge in [-0.1, -0.05) is 24.6 Å². The molecule has 6 nitrogen and oxygen atoms in total. The number of benzene rings is 2. The van der Waals surface area contributed by atoms with Gasteiger partial charge in [0, 0.05) is 16.3 Å². The van der Waals surface area contributed by atoms with Crippen molar-refractivity contribution in [3.63, 3.8) is 0 Å². The molecule has 1 amide bonds. The molecule has 0 aliphatic rings. The van der Waals surface area contributed by atoms with Gasteiger partial charge < -0.3 is 14.8 Å². The lowest BCUT2D eigenvalue weighted by Crippen LogP contribution is -2.22. The molecule has 0 spiro atoms. The molecule has 0 bridgehead atoms. The number of esters is 2. The fourth-order valence-corrected chi connectivity index (χ4v) is 2.44. The number of carbonyl (C=O) groups excluding carboxylic acids is 3. The van der Waals surface area contributed by atoms with Crippen molar-refractivity contribution in [3.05, 3.63) is 64.4 Å². The van der Waals surface area contributed by atoms with Crippen molar-refractivity contribution < 1.29 is 28.2 Å². The van der Waals surface area contributed by atoms with Crippen LogP contribution >= 0.6 is 11.6 Å². The Bertz CT molecular complexity index is 834. The lowest BCUT2D eigenvalue weighted by Gasteiger charge is -2.08. The lowest BCUT2D eigenvalue weighted by molar-refractivity contribution is -0.146. The molecule has 8 heteroatoms. The van der Waals surface area contributed by atoms with E-state index in [0.29, 0.717) is 17.9 Å². The van der Waals surface area contributed by atoms with Gasteiger partial charge in [-0.25, -0.2) is 9.18 Å². The second kappa shape index (κ2) is 10.4. The molecule has 0 fully saturated rings. The van der Waals surface area contributed by atoms with Crippen LogP contribution in [0.2, 0.25) is 5.02 Å². The summed E-state index contributed by atoms with van der Waals surface area (Å²) in [6, 6.07) is 10.2. The van der Waals surface area contributed by atoms with Crippen LogP contribution in [0, 0.1) is 5.82 Å². The number of hydrogen-bond acceptors (Lipinski definition) is 5. The van der Waals surface area contributed by atoms with Crippen molar-refractivity contribution in [3.8, 4) is 0 Å². The Kier molecular flexibility index (Phi) is 7.95. The molecule has 0 saturated carbocycles. The first-order valence-electron chi connectivity index (χ1n) is 8.56. The summed E-state index contributed by atoms with van der Waals surface area (Å²) in [4.78, 5) is 35.4. The van der Waals surface area contributed by atoms with E-state index in [-0.39, 0.29) is 17.0 Å². The van der Waals surface area contributed by atoms with E-state index in [9.17, 15) is 18.8 Å². The maximum Gasteiger partial charge on any atom is 0.338 e. The van der Waals surface area contributed by atoms with Gasteiger partial charge in [0.25, 0.3) is 5.91 Å². The first kappa shape index (κ1) is 21.4. The van der Waals surface area contributed by atoms with Crippen molar-refractivity contribution in [2.75, 3.05) is 18.5 Å². The number of hydrogen-bond donors (Lipinski definition) is 1. The van der Waals surface area contributed by atoms with Gasteiger partial charge >= 0.3 is 11.9 Å². The maximum atomic E-state index is 13.7. The smallest absolute Gasteiger partial charge is 0.338 e. The molecular formula is C20H19ClFNO5. The number of amides is 1. The van der Waals surface area contributed by atoms with Crippen LogP contribution in [0.3, 0.4) is 0 Å². The van der Waals surface area contributed by atoms with E-state index < -0.39 is 30.3 Å². The van der Waals surface area contributed by atoms with Gasteiger partial charge in [-0.2, -0.15) is 0 Å². The predicted octanol–water partition coefficient (Wildman–Crippen LogP) is 3.77. The van der Waals surface area contributed by atoms with E-state index in [1.807, 2.05) is 6.92 Å². The Morgan fingerprint density at radius 1 is 1.07 bits per heavy atom. The Labute approximate surface area is 166 Å². The van der Waals surface area contributed by atoms with E-state index >= 15 is 0 Å². The fourth-order valence-electron chi connectivity index (χ4n) is 2.21. The van der Waals surface area contributed by atoms with E-state index in [1.165, 1.54) is 42.5 Å². The SMILES string of the molecule is CCCOC(=O)c1ccc(NC(=O)COC(=O)Cc2c(F)cccc2Cl)cc1. The number of carbonyl (C=O) groups is 3. The average Bonchev–Trinajstić information content (AvgIpc) is 2.68. The van der Waals surface area contributed by atoms with Gasteiger partial charge in [-0.15, -0.1) is 0 Å². The maximum absolute atomic E-state index is 13.7. The van der Waals surface area contributed by atoms with Crippen LogP contribution in [0.5, 0.6) is 0 Å². The zero-order valence-corrected chi connectivity index (χ0v) is 15.9. The minimum absolute atomic E-state index is 0.0140. The Hall–Kier alpha value is -2.93. The van der Waals surface area contributed by atoms with Crippen molar-refractivity contribution in [2.45, 2.75) is 19.8 Å². The van der Waals surface area contributed by atoms with Crippen LogP contribution in [0.15, 0.2) is 42.5 Å². The van der Waals surface area contributed by atoms with Crippen molar-refractivity contribution in [1.29, 1.82) is 0 Å². The average molecular weight is 408 g/mol. The molecule has 148 valence electrons. The summed E-state index contributed by atoms with van der Waals surface area (Å²) in [6.07, 6.45) is 0.342. The lowest BCUT2D eigenvalue weighted by atomic mass is 10.1. The number of rotatable bonds is 8. The molecule has 0 heterocycles. The van der Waals surface area contributed by atoms with Crippen molar-refractivity contribution in [2.24, 2.45) is 0 Å². The van der Waals surface area contributed by atoms with E-state index in [0.717, 1.165) is 6.42 Å². The highest BCUT2D eigenvalue weighted by atomic mass is 35.5. The number of anilines is 1. The fraction of sp³-hybridized carbons (Fsp3) is 0.250. The summed E-state index contributed by atoms with van der Waals surface area (Å²) in [7, 11) is 0. The molecule has 2 aromatic rings.